The first kappa shape index (κ1) is 17.3. The summed E-state index contributed by atoms with van der Waals surface area (Å²) in [6.07, 6.45) is 0.120. The van der Waals surface area contributed by atoms with Crippen LogP contribution in [0.1, 0.15) is 16.8 Å². The summed E-state index contributed by atoms with van der Waals surface area (Å²) in [6, 6.07) is 4.68. The van der Waals surface area contributed by atoms with Crippen molar-refractivity contribution in [3.8, 4) is 0 Å². The molecule has 0 unspecified atom stereocenters. The van der Waals surface area contributed by atoms with Crippen LogP contribution in [0.25, 0.3) is 0 Å². The number of hydrogen-bond donors (Lipinski definition) is 1. The van der Waals surface area contributed by atoms with Gasteiger partial charge in [-0.15, -0.1) is 0 Å². The SMILES string of the molecule is COCCN(CCC(=O)OC)C(=O)c1ccc(N)c(Cl)c1. The molecule has 1 aromatic rings. The van der Waals surface area contributed by atoms with Crippen molar-refractivity contribution in [3.05, 3.63) is 28.8 Å². The minimum Gasteiger partial charge on any atom is -0.469 e. The number of hydrogen-bond acceptors (Lipinski definition) is 5. The van der Waals surface area contributed by atoms with Gasteiger partial charge >= 0.3 is 5.97 Å². The number of halogens is 1. The average Bonchev–Trinajstić information content (AvgIpc) is 2.49. The molecule has 2 N–H and O–H groups in total. The van der Waals surface area contributed by atoms with E-state index in [1.54, 1.807) is 19.2 Å². The van der Waals surface area contributed by atoms with Crippen LogP contribution in [0.15, 0.2) is 18.2 Å². The molecule has 0 spiro atoms. The minimum atomic E-state index is -0.374. The van der Waals surface area contributed by atoms with Gasteiger partial charge < -0.3 is 20.1 Å². The Labute approximate surface area is 128 Å². The Bertz CT molecular complexity index is 508. The Morgan fingerprint density at radius 1 is 1.29 bits per heavy atom. The highest BCUT2D eigenvalue weighted by atomic mass is 35.5. The van der Waals surface area contributed by atoms with Crippen molar-refractivity contribution in [3.63, 3.8) is 0 Å². The van der Waals surface area contributed by atoms with Gasteiger partial charge in [-0.05, 0) is 18.2 Å². The third-order valence-electron chi connectivity index (χ3n) is 2.91. The molecule has 6 nitrogen and oxygen atoms in total. The molecule has 0 aliphatic heterocycles. The number of ether oxygens (including phenoxy) is 2. The van der Waals surface area contributed by atoms with E-state index in [1.165, 1.54) is 18.1 Å². The van der Waals surface area contributed by atoms with Gasteiger partial charge in [0.25, 0.3) is 5.91 Å². The number of amides is 1. The summed E-state index contributed by atoms with van der Waals surface area (Å²) in [4.78, 5) is 25.2. The first-order chi connectivity index (χ1) is 9.99. The Hall–Kier alpha value is -1.79. The lowest BCUT2D eigenvalue weighted by molar-refractivity contribution is -0.140. The van der Waals surface area contributed by atoms with Crippen LogP contribution in [0.5, 0.6) is 0 Å². The third-order valence-corrected chi connectivity index (χ3v) is 3.24. The van der Waals surface area contributed by atoms with Crippen molar-refractivity contribution < 1.29 is 19.1 Å². The standard InChI is InChI=1S/C14H19ClN2O4/c1-20-8-7-17(6-5-13(18)21-2)14(19)10-3-4-12(16)11(15)9-10/h3-4,9H,5-8,16H2,1-2H3. The Kier molecular flexibility index (Phi) is 6.98. The lowest BCUT2D eigenvalue weighted by Gasteiger charge is -2.22. The van der Waals surface area contributed by atoms with Crippen LogP contribution in [-0.2, 0) is 14.3 Å². The highest BCUT2D eigenvalue weighted by molar-refractivity contribution is 6.33. The topological polar surface area (TPSA) is 81.9 Å². The summed E-state index contributed by atoms with van der Waals surface area (Å²) in [5.41, 5.74) is 6.44. The van der Waals surface area contributed by atoms with Gasteiger partial charge in [-0.2, -0.15) is 0 Å². The zero-order valence-electron chi connectivity index (χ0n) is 12.1. The van der Waals surface area contributed by atoms with E-state index in [1.807, 2.05) is 0 Å². The molecule has 0 heterocycles. The van der Waals surface area contributed by atoms with Crippen LogP contribution < -0.4 is 5.73 Å². The number of nitrogens with zero attached hydrogens (tertiary/aromatic N) is 1. The summed E-state index contributed by atoms with van der Waals surface area (Å²) in [5.74, 6) is -0.613. The maximum absolute atomic E-state index is 12.4. The van der Waals surface area contributed by atoms with Crippen molar-refractivity contribution in [2.75, 3.05) is 39.6 Å². The summed E-state index contributed by atoms with van der Waals surface area (Å²) < 4.78 is 9.56. The lowest BCUT2D eigenvalue weighted by Crippen LogP contribution is -2.35. The number of carbonyl (C=O) groups is 2. The molecule has 0 atom stereocenters. The van der Waals surface area contributed by atoms with E-state index in [0.717, 1.165) is 0 Å². The molecule has 0 bridgehead atoms. The van der Waals surface area contributed by atoms with Gasteiger partial charge in [0, 0.05) is 25.8 Å². The van der Waals surface area contributed by atoms with E-state index in [9.17, 15) is 9.59 Å². The molecule has 0 aliphatic rings. The maximum Gasteiger partial charge on any atom is 0.307 e. The Morgan fingerprint density at radius 3 is 2.57 bits per heavy atom. The van der Waals surface area contributed by atoms with Crippen LogP contribution in [0.3, 0.4) is 0 Å². The molecule has 116 valence electrons. The zero-order chi connectivity index (χ0) is 15.8. The molecule has 1 rings (SSSR count). The maximum atomic E-state index is 12.4. The first-order valence-corrected chi connectivity index (χ1v) is 6.77. The predicted octanol–water partition coefficient (Wildman–Crippen LogP) is 1.57. The van der Waals surface area contributed by atoms with Crippen molar-refractivity contribution in [2.45, 2.75) is 6.42 Å². The fraction of sp³-hybridized carbons (Fsp3) is 0.429. The number of carbonyl (C=O) groups excluding carboxylic acids is 2. The van der Waals surface area contributed by atoms with Crippen LogP contribution in [0, 0.1) is 0 Å². The average molecular weight is 315 g/mol. The van der Waals surface area contributed by atoms with Crippen molar-refractivity contribution in [1.29, 1.82) is 0 Å². The highest BCUT2D eigenvalue weighted by Gasteiger charge is 2.17. The summed E-state index contributed by atoms with van der Waals surface area (Å²) in [6.45, 7) is 0.987. The van der Waals surface area contributed by atoms with E-state index in [-0.39, 0.29) is 24.8 Å². The zero-order valence-corrected chi connectivity index (χ0v) is 12.9. The van der Waals surface area contributed by atoms with Gasteiger partial charge in [0.1, 0.15) is 0 Å². The molecular formula is C14H19ClN2O4. The van der Waals surface area contributed by atoms with Crippen LogP contribution in [0.4, 0.5) is 5.69 Å². The number of methoxy groups -OCH3 is 2. The molecule has 1 aromatic carbocycles. The molecule has 0 saturated heterocycles. The quantitative estimate of drug-likeness (QED) is 0.610. The highest BCUT2D eigenvalue weighted by Crippen LogP contribution is 2.20. The summed E-state index contributed by atoms with van der Waals surface area (Å²) >= 11 is 5.92. The second-order valence-corrected chi connectivity index (χ2v) is 4.75. The number of nitrogen functional groups attached to an aromatic ring is 1. The molecule has 0 aliphatic carbocycles. The van der Waals surface area contributed by atoms with Crippen LogP contribution in [-0.4, -0.2) is 50.7 Å². The second-order valence-electron chi connectivity index (χ2n) is 4.35. The second kappa shape index (κ2) is 8.49. The largest absolute Gasteiger partial charge is 0.469 e. The van der Waals surface area contributed by atoms with Crippen molar-refractivity contribution in [2.24, 2.45) is 0 Å². The van der Waals surface area contributed by atoms with Gasteiger partial charge in [-0.3, -0.25) is 9.59 Å². The molecule has 21 heavy (non-hydrogen) atoms. The first-order valence-electron chi connectivity index (χ1n) is 6.39. The Morgan fingerprint density at radius 2 is 2.00 bits per heavy atom. The van der Waals surface area contributed by atoms with Crippen LogP contribution >= 0.6 is 11.6 Å². The fourth-order valence-corrected chi connectivity index (χ4v) is 1.87. The fourth-order valence-electron chi connectivity index (χ4n) is 1.69. The number of esters is 1. The van der Waals surface area contributed by atoms with Gasteiger partial charge in [-0.1, -0.05) is 11.6 Å². The van der Waals surface area contributed by atoms with Gasteiger partial charge in [0.15, 0.2) is 0 Å². The molecule has 0 aromatic heterocycles. The number of rotatable bonds is 7. The molecule has 0 fully saturated rings. The van der Waals surface area contributed by atoms with Crippen molar-refractivity contribution in [1.82, 2.24) is 4.90 Å². The summed E-state index contributed by atoms with van der Waals surface area (Å²) in [7, 11) is 2.85. The third kappa shape index (κ3) is 5.24. The summed E-state index contributed by atoms with van der Waals surface area (Å²) in [5, 5.41) is 0.320. The van der Waals surface area contributed by atoms with E-state index < -0.39 is 0 Å². The van der Waals surface area contributed by atoms with Gasteiger partial charge in [0.05, 0.1) is 30.8 Å². The van der Waals surface area contributed by atoms with E-state index in [2.05, 4.69) is 4.74 Å². The number of anilines is 1. The molecule has 0 saturated carbocycles. The Balaban J connectivity index is 2.82. The smallest absolute Gasteiger partial charge is 0.307 e. The minimum absolute atomic E-state index is 0.120. The van der Waals surface area contributed by atoms with Gasteiger partial charge in [0.2, 0.25) is 0 Å². The van der Waals surface area contributed by atoms with E-state index in [4.69, 9.17) is 22.1 Å². The number of nitrogens with two attached hydrogens (primary N) is 1. The molecule has 1 amide bonds. The lowest BCUT2D eigenvalue weighted by atomic mass is 10.1. The normalized spacial score (nSPS) is 10.2. The monoisotopic (exact) mass is 314 g/mol. The number of benzene rings is 1. The molecule has 0 radical (unpaired) electrons. The van der Waals surface area contributed by atoms with Gasteiger partial charge in [-0.25, -0.2) is 0 Å². The van der Waals surface area contributed by atoms with Crippen molar-refractivity contribution >= 4 is 29.2 Å². The predicted molar refractivity (Wildman–Crippen MR) is 80.3 cm³/mol. The van der Waals surface area contributed by atoms with E-state index >= 15 is 0 Å². The van der Waals surface area contributed by atoms with Crippen LogP contribution in [0.2, 0.25) is 5.02 Å². The molecular weight excluding hydrogens is 296 g/mol. The van der Waals surface area contributed by atoms with E-state index in [0.29, 0.717) is 29.4 Å². The molecule has 7 heteroatoms.